The van der Waals surface area contributed by atoms with Crippen LogP contribution in [0.2, 0.25) is 0 Å². The number of esters is 1. The lowest BCUT2D eigenvalue weighted by Crippen LogP contribution is -2.48. The highest BCUT2D eigenvalue weighted by Crippen LogP contribution is 2.60. The van der Waals surface area contributed by atoms with Gasteiger partial charge in [-0.05, 0) is 85.7 Å². The Bertz CT molecular complexity index is 718. The van der Waals surface area contributed by atoms with Crippen LogP contribution in [-0.4, -0.2) is 18.4 Å². The SMILES string of the molecule is O=C(CCCC1CNC1=O)OCc1ccc(C23CC4CC(CC(C4)C2)C3)cc1. The summed E-state index contributed by atoms with van der Waals surface area (Å²) in [5.74, 6) is 2.93. The van der Waals surface area contributed by atoms with Crippen LogP contribution in [0.3, 0.4) is 0 Å². The second-order valence-corrected chi connectivity index (χ2v) is 9.89. The van der Waals surface area contributed by atoms with Gasteiger partial charge in [-0.3, -0.25) is 9.59 Å². The van der Waals surface area contributed by atoms with Gasteiger partial charge in [-0.15, -0.1) is 0 Å². The highest BCUT2D eigenvalue weighted by molar-refractivity contribution is 5.84. The predicted molar refractivity (Wildman–Crippen MR) is 106 cm³/mol. The first kappa shape index (κ1) is 18.2. The van der Waals surface area contributed by atoms with E-state index in [1.165, 1.54) is 44.1 Å². The third kappa shape index (κ3) is 3.46. The molecule has 1 aromatic rings. The van der Waals surface area contributed by atoms with Crippen molar-refractivity contribution in [3.8, 4) is 0 Å². The van der Waals surface area contributed by atoms with Crippen molar-refractivity contribution in [2.75, 3.05) is 6.54 Å². The van der Waals surface area contributed by atoms with Crippen molar-refractivity contribution in [3.63, 3.8) is 0 Å². The molecular weight excluding hydrogens is 350 g/mol. The molecule has 0 aromatic heterocycles. The van der Waals surface area contributed by atoms with Crippen LogP contribution in [0.4, 0.5) is 0 Å². The lowest BCUT2D eigenvalue weighted by molar-refractivity contribution is -0.145. The Balaban J connectivity index is 1.12. The smallest absolute Gasteiger partial charge is 0.306 e. The number of ether oxygens (including phenoxy) is 1. The van der Waals surface area contributed by atoms with E-state index in [1.54, 1.807) is 0 Å². The fourth-order valence-electron chi connectivity index (χ4n) is 6.71. The predicted octanol–water partition coefficient (Wildman–Crippen LogP) is 4.11. The van der Waals surface area contributed by atoms with E-state index in [0.29, 0.717) is 18.4 Å². The van der Waals surface area contributed by atoms with Gasteiger partial charge in [0.25, 0.3) is 0 Å². The fraction of sp³-hybridized carbons (Fsp3) is 0.667. The van der Waals surface area contributed by atoms with Gasteiger partial charge in [0.05, 0.1) is 5.92 Å². The highest BCUT2D eigenvalue weighted by atomic mass is 16.5. The largest absolute Gasteiger partial charge is 0.461 e. The zero-order valence-corrected chi connectivity index (χ0v) is 16.6. The minimum absolute atomic E-state index is 0.102. The van der Waals surface area contributed by atoms with E-state index in [0.717, 1.165) is 42.7 Å². The molecule has 1 saturated heterocycles. The number of hydrogen-bond donors (Lipinski definition) is 1. The van der Waals surface area contributed by atoms with E-state index in [4.69, 9.17) is 4.74 Å². The molecule has 4 aliphatic carbocycles. The Morgan fingerprint density at radius 1 is 1.04 bits per heavy atom. The fourth-order valence-corrected chi connectivity index (χ4v) is 6.71. The molecule has 0 spiro atoms. The van der Waals surface area contributed by atoms with Crippen molar-refractivity contribution in [2.24, 2.45) is 23.7 Å². The number of carbonyl (C=O) groups excluding carboxylic acids is 2. The number of amides is 1. The zero-order valence-electron chi connectivity index (χ0n) is 16.6. The van der Waals surface area contributed by atoms with Crippen LogP contribution in [0.1, 0.15) is 68.9 Å². The van der Waals surface area contributed by atoms with E-state index < -0.39 is 0 Å². The first-order valence-electron chi connectivity index (χ1n) is 11.1. The van der Waals surface area contributed by atoms with Gasteiger partial charge in [-0.2, -0.15) is 0 Å². The molecule has 1 aromatic carbocycles. The second kappa shape index (κ2) is 7.20. The average Bonchev–Trinajstić information content (AvgIpc) is 2.68. The van der Waals surface area contributed by atoms with Crippen LogP contribution < -0.4 is 5.32 Å². The quantitative estimate of drug-likeness (QED) is 0.571. The summed E-state index contributed by atoms with van der Waals surface area (Å²) in [7, 11) is 0. The van der Waals surface area contributed by atoms with Gasteiger partial charge in [0.15, 0.2) is 0 Å². The van der Waals surface area contributed by atoms with Crippen LogP contribution >= 0.6 is 0 Å². The molecule has 5 aliphatic rings. The minimum atomic E-state index is -0.162. The third-order valence-corrected chi connectivity index (χ3v) is 7.83. The zero-order chi connectivity index (χ0) is 19.1. The number of carbonyl (C=O) groups is 2. The topological polar surface area (TPSA) is 55.4 Å². The molecule has 0 radical (unpaired) electrons. The first-order valence-corrected chi connectivity index (χ1v) is 11.1. The van der Waals surface area contributed by atoms with E-state index in [-0.39, 0.29) is 17.8 Å². The van der Waals surface area contributed by atoms with E-state index in [9.17, 15) is 9.59 Å². The standard InChI is InChI=1S/C24H31NO3/c26-22(3-1-2-20-14-25-23(20)27)28-15-16-4-6-21(7-5-16)24-11-17-8-18(12-24)10-19(9-17)13-24/h4-7,17-20H,1-3,8-15H2,(H,25,27). The summed E-state index contributed by atoms with van der Waals surface area (Å²) in [6, 6.07) is 8.90. The number of hydrogen-bond acceptors (Lipinski definition) is 3. The molecule has 1 unspecified atom stereocenters. The molecule has 4 saturated carbocycles. The number of nitrogens with one attached hydrogen (secondary N) is 1. The van der Waals surface area contributed by atoms with Crippen molar-refractivity contribution >= 4 is 11.9 Å². The third-order valence-electron chi connectivity index (χ3n) is 7.83. The van der Waals surface area contributed by atoms with Gasteiger partial charge in [0, 0.05) is 13.0 Å². The summed E-state index contributed by atoms with van der Waals surface area (Å²) < 4.78 is 5.44. The van der Waals surface area contributed by atoms with Gasteiger partial charge in [-0.25, -0.2) is 0 Å². The number of rotatable bonds is 7. The molecule has 1 atom stereocenters. The molecule has 6 rings (SSSR count). The second-order valence-electron chi connectivity index (χ2n) is 9.89. The van der Waals surface area contributed by atoms with Crippen LogP contribution in [0.5, 0.6) is 0 Å². The van der Waals surface area contributed by atoms with Gasteiger partial charge < -0.3 is 10.1 Å². The molecule has 4 bridgehead atoms. The summed E-state index contributed by atoms with van der Waals surface area (Å²) in [4.78, 5) is 23.2. The maximum absolute atomic E-state index is 12.0. The minimum Gasteiger partial charge on any atom is -0.461 e. The van der Waals surface area contributed by atoms with E-state index in [1.807, 2.05) is 0 Å². The van der Waals surface area contributed by atoms with E-state index in [2.05, 4.69) is 29.6 Å². The molecular formula is C24H31NO3. The van der Waals surface area contributed by atoms with Crippen LogP contribution in [0, 0.1) is 23.7 Å². The van der Waals surface area contributed by atoms with Crippen LogP contribution in [0.25, 0.3) is 0 Å². The van der Waals surface area contributed by atoms with E-state index >= 15 is 0 Å². The molecule has 1 N–H and O–H groups in total. The molecule has 4 heteroatoms. The normalized spacial score (nSPS) is 35.4. The average molecular weight is 382 g/mol. The summed E-state index contributed by atoms with van der Waals surface area (Å²) in [6.07, 6.45) is 10.5. The number of β-lactam (4-membered cyclic amide) rings is 1. The lowest BCUT2D eigenvalue weighted by Gasteiger charge is -2.57. The monoisotopic (exact) mass is 381 g/mol. The number of benzene rings is 1. The van der Waals surface area contributed by atoms with Gasteiger partial charge >= 0.3 is 5.97 Å². The Morgan fingerprint density at radius 2 is 1.68 bits per heavy atom. The van der Waals surface area contributed by atoms with Crippen LogP contribution in [0.15, 0.2) is 24.3 Å². The van der Waals surface area contributed by atoms with Crippen molar-refractivity contribution in [1.29, 1.82) is 0 Å². The Kier molecular flexibility index (Phi) is 4.68. The summed E-state index contributed by atoms with van der Waals surface area (Å²) >= 11 is 0. The summed E-state index contributed by atoms with van der Waals surface area (Å²) in [5.41, 5.74) is 3.01. The Morgan fingerprint density at radius 3 is 2.21 bits per heavy atom. The Hall–Kier alpha value is -1.84. The van der Waals surface area contributed by atoms with Crippen molar-refractivity contribution in [2.45, 2.75) is 69.8 Å². The van der Waals surface area contributed by atoms with Gasteiger partial charge in [-0.1, -0.05) is 24.3 Å². The maximum Gasteiger partial charge on any atom is 0.306 e. The van der Waals surface area contributed by atoms with Crippen molar-refractivity contribution in [3.05, 3.63) is 35.4 Å². The Labute approximate surface area is 167 Å². The molecule has 1 aliphatic heterocycles. The molecule has 1 heterocycles. The highest BCUT2D eigenvalue weighted by Gasteiger charge is 2.51. The lowest BCUT2D eigenvalue weighted by atomic mass is 9.48. The first-order chi connectivity index (χ1) is 13.6. The van der Waals surface area contributed by atoms with Crippen LogP contribution in [-0.2, 0) is 26.3 Å². The van der Waals surface area contributed by atoms with Crippen molar-refractivity contribution in [1.82, 2.24) is 5.32 Å². The molecule has 1 amide bonds. The summed E-state index contributed by atoms with van der Waals surface area (Å²) in [6.45, 7) is 1.11. The van der Waals surface area contributed by atoms with Crippen molar-refractivity contribution < 1.29 is 14.3 Å². The van der Waals surface area contributed by atoms with Gasteiger partial charge in [0.2, 0.25) is 5.91 Å². The molecule has 150 valence electrons. The molecule has 28 heavy (non-hydrogen) atoms. The van der Waals surface area contributed by atoms with Gasteiger partial charge in [0.1, 0.15) is 6.61 Å². The summed E-state index contributed by atoms with van der Waals surface area (Å²) in [5, 5.41) is 2.73. The molecule has 4 nitrogen and oxygen atoms in total. The maximum atomic E-state index is 12.0. The molecule has 5 fully saturated rings.